The van der Waals surface area contributed by atoms with Crippen LogP contribution in [-0.4, -0.2) is 22.5 Å². The molecule has 0 saturated carbocycles. The van der Waals surface area contributed by atoms with Gasteiger partial charge in [0.2, 0.25) is 0 Å². The number of anilines is 1. The van der Waals surface area contributed by atoms with Gasteiger partial charge in [0.15, 0.2) is 0 Å². The van der Waals surface area contributed by atoms with Gasteiger partial charge >= 0.3 is 0 Å². The molecule has 0 saturated heterocycles. The molecular formula is C12H18N2O2S. The van der Waals surface area contributed by atoms with E-state index < -0.39 is 0 Å². The second kappa shape index (κ2) is 5.40. The fourth-order valence-corrected chi connectivity index (χ4v) is 1.52. The molecule has 17 heavy (non-hydrogen) atoms. The van der Waals surface area contributed by atoms with Crippen molar-refractivity contribution in [3.8, 4) is 0 Å². The molecule has 1 rings (SSSR count). The standard InChI is InChI=1S/C12H18N2O2S/c1-9-5-6-10(7-11(9)14(15)16)13-8-12(2,3)17-4/h5-7,13H,8H2,1-4H3. The van der Waals surface area contributed by atoms with Crippen molar-refractivity contribution in [1.82, 2.24) is 0 Å². The third kappa shape index (κ3) is 3.93. The third-order valence-electron chi connectivity index (χ3n) is 2.68. The quantitative estimate of drug-likeness (QED) is 0.646. The number of hydrogen-bond acceptors (Lipinski definition) is 4. The molecular weight excluding hydrogens is 236 g/mol. The Morgan fingerprint density at radius 1 is 1.47 bits per heavy atom. The molecule has 0 spiro atoms. The highest BCUT2D eigenvalue weighted by Crippen LogP contribution is 2.25. The van der Waals surface area contributed by atoms with Gasteiger partial charge in [-0.05, 0) is 33.1 Å². The molecule has 0 aromatic heterocycles. The molecule has 1 N–H and O–H groups in total. The Balaban J connectivity index is 2.80. The number of thioether (sulfide) groups is 1. The van der Waals surface area contributed by atoms with Gasteiger partial charge in [0.1, 0.15) is 0 Å². The minimum absolute atomic E-state index is 0.111. The van der Waals surface area contributed by atoms with Crippen LogP contribution in [0.15, 0.2) is 18.2 Å². The molecule has 0 heterocycles. The summed E-state index contributed by atoms with van der Waals surface area (Å²) in [7, 11) is 0. The van der Waals surface area contributed by atoms with Gasteiger partial charge in [-0.25, -0.2) is 0 Å². The van der Waals surface area contributed by atoms with Gasteiger partial charge in [-0.3, -0.25) is 10.1 Å². The maximum absolute atomic E-state index is 10.8. The van der Waals surface area contributed by atoms with Gasteiger partial charge < -0.3 is 5.32 Å². The lowest BCUT2D eigenvalue weighted by Gasteiger charge is -2.22. The summed E-state index contributed by atoms with van der Waals surface area (Å²) in [6, 6.07) is 5.23. The zero-order valence-corrected chi connectivity index (χ0v) is 11.4. The van der Waals surface area contributed by atoms with Crippen molar-refractivity contribution in [2.75, 3.05) is 18.1 Å². The van der Waals surface area contributed by atoms with Crippen molar-refractivity contribution < 1.29 is 4.92 Å². The van der Waals surface area contributed by atoms with E-state index in [9.17, 15) is 10.1 Å². The third-order valence-corrected chi connectivity index (χ3v) is 3.93. The Labute approximate surface area is 106 Å². The Hall–Kier alpha value is -1.23. The summed E-state index contributed by atoms with van der Waals surface area (Å²) >= 11 is 1.76. The van der Waals surface area contributed by atoms with Crippen LogP contribution in [0.25, 0.3) is 0 Å². The summed E-state index contributed by atoms with van der Waals surface area (Å²) in [6.45, 7) is 6.78. The van der Waals surface area contributed by atoms with Crippen LogP contribution in [0.2, 0.25) is 0 Å². The van der Waals surface area contributed by atoms with Gasteiger partial charge in [-0.1, -0.05) is 6.07 Å². The number of nitro groups is 1. The summed E-state index contributed by atoms with van der Waals surface area (Å²) in [5, 5.41) is 14.0. The fraction of sp³-hybridized carbons (Fsp3) is 0.500. The molecule has 0 aliphatic heterocycles. The number of aryl methyl sites for hydroxylation is 1. The zero-order chi connectivity index (χ0) is 13.1. The SMILES string of the molecule is CSC(C)(C)CNc1ccc(C)c([N+](=O)[O-])c1. The first-order valence-electron chi connectivity index (χ1n) is 5.40. The van der Waals surface area contributed by atoms with E-state index in [0.29, 0.717) is 5.56 Å². The van der Waals surface area contributed by atoms with Crippen LogP contribution in [0.5, 0.6) is 0 Å². The van der Waals surface area contributed by atoms with Crippen LogP contribution >= 0.6 is 11.8 Å². The van der Waals surface area contributed by atoms with Crippen molar-refractivity contribution >= 4 is 23.1 Å². The summed E-state index contributed by atoms with van der Waals surface area (Å²) < 4.78 is 0.111. The van der Waals surface area contributed by atoms with Gasteiger partial charge in [0.05, 0.1) is 4.92 Å². The van der Waals surface area contributed by atoms with Crippen LogP contribution in [0.4, 0.5) is 11.4 Å². The van der Waals surface area contributed by atoms with E-state index in [-0.39, 0.29) is 15.4 Å². The first-order chi connectivity index (χ1) is 7.85. The lowest BCUT2D eigenvalue weighted by molar-refractivity contribution is -0.385. The summed E-state index contributed by atoms with van der Waals surface area (Å²) in [5.74, 6) is 0. The highest BCUT2D eigenvalue weighted by atomic mass is 32.2. The normalized spacial score (nSPS) is 11.3. The van der Waals surface area contributed by atoms with Gasteiger partial charge in [0, 0.05) is 28.6 Å². The van der Waals surface area contributed by atoms with Crippen LogP contribution in [0.1, 0.15) is 19.4 Å². The van der Waals surface area contributed by atoms with E-state index >= 15 is 0 Å². The molecule has 94 valence electrons. The molecule has 0 atom stereocenters. The predicted molar refractivity (Wildman–Crippen MR) is 73.9 cm³/mol. The summed E-state index contributed by atoms with van der Waals surface area (Å²) in [5.41, 5.74) is 1.64. The van der Waals surface area contributed by atoms with Crippen molar-refractivity contribution in [3.05, 3.63) is 33.9 Å². The van der Waals surface area contributed by atoms with Crippen molar-refractivity contribution in [3.63, 3.8) is 0 Å². The summed E-state index contributed by atoms with van der Waals surface area (Å²) in [4.78, 5) is 10.5. The highest BCUT2D eigenvalue weighted by Gasteiger charge is 2.16. The number of nitro benzene ring substituents is 1. The highest BCUT2D eigenvalue weighted by molar-refractivity contribution is 7.99. The topological polar surface area (TPSA) is 55.2 Å². The van der Waals surface area contributed by atoms with Crippen molar-refractivity contribution in [2.24, 2.45) is 0 Å². The van der Waals surface area contributed by atoms with E-state index in [1.54, 1.807) is 30.8 Å². The predicted octanol–water partition coefficient (Wildman–Crippen LogP) is 3.46. The second-order valence-corrected chi connectivity index (χ2v) is 6.09. The first kappa shape index (κ1) is 13.8. The van der Waals surface area contributed by atoms with Crippen LogP contribution in [0, 0.1) is 17.0 Å². The molecule has 0 bridgehead atoms. The number of nitrogens with zero attached hydrogens (tertiary/aromatic N) is 1. The Morgan fingerprint density at radius 2 is 2.12 bits per heavy atom. The van der Waals surface area contributed by atoms with Gasteiger partial charge in [-0.15, -0.1) is 0 Å². The smallest absolute Gasteiger partial charge is 0.274 e. The van der Waals surface area contributed by atoms with Gasteiger partial charge in [-0.2, -0.15) is 11.8 Å². The van der Waals surface area contributed by atoms with E-state index in [4.69, 9.17) is 0 Å². The largest absolute Gasteiger partial charge is 0.383 e. The molecule has 0 unspecified atom stereocenters. The lowest BCUT2D eigenvalue weighted by atomic mass is 10.1. The first-order valence-corrected chi connectivity index (χ1v) is 6.62. The van der Waals surface area contributed by atoms with E-state index in [1.165, 1.54) is 0 Å². The maximum atomic E-state index is 10.8. The van der Waals surface area contributed by atoms with Crippen LogP contribution in [0.3, 0.4) is 0 Å². The lowest BCUT2D eigenvalue weighted by Crippen LogP contribution is -2.25. The Kier molecular flexibility index (Phi) is 4.40. The Morgan fingerprint density at radius 3 is 2.65 bits per heavy atom. The molecule has 0 radical (unpaired) electrons. The van der Waals surface area contributed by atoms with Crippen LogP contribution in [-0.2, 0) is 0 Å². The molecule has 0 aliphatic carbocycles. The van der Waals surface area contributed by atoms with E-state index in [1.807, 2.05) is 6.07 Å². The molecule has 1 aromatic rings. The molecule has 5 heteroatoms. The number of benzene rings is 1. The molecule has 1 aromatic carbocycles. The zero-order valence-electron chi connectivity index (χ0n) is 10.6. The average molecular weight is 254 g/mol. The van der Waals surface area contributed by atoms with E-state index in [0.717, 1.165) is 12.2 Å². The average Bonchev–Trinajstić information content (AvgIpc) is 2.27. The number of hydrogen-bond donors (Lipinski definition) is 1. The maximum Gasteiger partial charge on any atom is 0.274 e. The number of rotatable bonds is 5. The minimum atomic E-state index is -0.347. The molecule has 4 nitrogen and oxygen atoms in total. The van der Waals surface area contributed by atoms with Crippen LogP contribution < -0.4 is 5.32 Å². The minimum Gasteiger partial charge on any atom is -0.383 e. The number of nitrogens with one attached hydrogen (secondary N) is 1. The van der Waals surface area contributed by atoms with Crippen molar-refractivity contribution in [2.45, 2.75) is 25.5 Å². The molecule has 0 aliphatic rings. The molecule has 0 fully saturated rings. The van der Waals surface area contributed by atoms with E-state index in [2.05, 4.69) is 25.4 Å². The second-order valence-electron chi connectivity index (χ2n) is 4.58. The fourth-order valence-electron chi connectivity index (χ4n) is 1.30. The van der Waals surface area contributed by atoms with Gasteiger partial charge in [0.25, 0.3) is 5.69 Å². The van der Waals surface area contributed by atoms with Crippen molar-refractivity contribution in [1.29, 1.82) is 0 Å². The summed E-state index contributed by atoms with van der Waals surface area (Å²) in [6.07, 6.45) is 2.05. The Bertz CT molecular complexity index is 419. The molecule has 0 amide bonds. The monoisotopic (exact) mass is 254 g/mol.